The Hall–Kier alpha value is -2.97. The third-order valence-corrected chi connectivity index (χ3v) is 6.74. The number of anilines is 1. The second-order valence-corrected chi connectivity index (χ2v) is 9.18. The molecule has 0 saturated heterocycles. The fourth-order valence-electron chi connectivity index (χ4n) is 4.15. The summed E-state index contributed by atoms with van der Waals surface area (Å²) >= 11 is 1.61. The summed E-state index contributed by atoms with van der Waals surface area (Å²) in [6.45, 7) is 4.02. The maximum Gasteiger partial charge on any atom is 0.161 e. The molecule has 7 nitrogen and oxygen atoms in total. The van der Waals surface area contributed by atoms with Gasteiger partial charge in [-0.1, -0.05) is 31.5 Å². The van der Waals surface area contributed by atoms with Crippen LogP contribution in [0, 0.1) is 0 Å². The molecule has 0 bridgehead atoms. The topological polar surface area (TPSA) is 87.2 Å². The van der Waals surface area contributed by atoms with E-state index >= 15 is 0 Å². The first-order valence-electron chi connectivity index (χ1n) is 11.8. The molecule has 3 N–H and O–H groups in total. The number of nitrogens with zero attached hydrogens (tertiary/aromatic N) is 3. The summed E-state index contributed by atoms with van der Waals surface area (Å²) in [5, 5.41) is 1.11. The Labute approximate surface area is 205 Å². The van der Waals surface area contributed by atoms with Crippen LogP contribution in [-0.2, 0) is 13.0 Å². The van der Waals surface area contributed by atoms with E-state index < -0.39 is 0 Å². The highest BCUT2D eigenvalue weighted by Gasteiger charge is 2.16. The zero-order valence-corrected chi connectivity index (χ0v) is 21.0. The van der Waals surface area contributed by atoms with Crippen molar-refractivity contribution in [3.05, 3.63) is 48.3 Å². The van der Waals surface area contributed by atoms with E-state index in [0.717, 1.165) is 89.3 Å². The predicted octanol–water partition coefficient (Wildman–Crippen LogP) is 5.60. The number of unbranched alkanes of at least 4 members (excludes halogenated alkanes) is 2. The summed E-state index contributed by atoms with van der Waals surface area (Å²) in [5.41, 5.74) is 9.16. The molecule has 34 heavy (non-hydrogen) atoms. The molecule has 0 atom stereocenters. The van der Waals surface area contributed by atoms with Crippen molar-refractivity contribution in [2.24, 2.45) is 0 Å². The average Bonchev–Trinajstić information content (AvgIpc) is 3.23. The van der Waals surface area contributed by atoms with Gasteiger partial charge in [-0.25, -0.2) is 9.97 Å². The molecule has 0 spiro atoms. The number of nitrogen functional groups attached to an aromatic ring is 1. The normalized spacial score (nSPS) is 11.4. The third kappa shape index (κ3) is 5.23. The molecule has 4 rings (SSSR count). The van der Waals surface area contributed by atoms with Gasteiger partial charge >= 0.3 is 0 Å². The van der Waals surface area contributed by atoms with Crippen LogP contribution < -0.4 is 19.9 Å². The first kappa shape index (κ1) is 24.2. The molecule has 180 valence electrons. The number of ether oxygens (including phenoxy) is 2. The van der Waals surface area contributed by atoms with Crippen molar-refractivity contribution in [3.63, 3.8) is 0 Å². The standard InChI is InChI=1S/C26H33N5O2S/c1-4-5-12-23-30-24-25(19-10-6-7-11-20(19)29-26(24)27)31(23)16-9-8-15-28-34-18-13-14-21(32-2)22(17-18)33-3/h6-7,10-11,13-14,17,28H,4-5,8-9,12,15-16H2,1-3H3,(H2,27,29). The maximum absolute atomic E-state index is 6.31. The van der Waals surface area contributed by atoms with E-state index in [2.05, 4.69) is 33.3 Å². The van der Waals surface area contributed by atoms with Crippen LogP contribution in [0.4, 0.5) is 5.82 Å². The molecule has 0 unspecified atom stereocenters. The summed E-state index contributed by atoms with van der Waals surface area (Å²) in [6.07, 6.45) is 5.28. The minimum absolute atomic E-state index is 0.512. The first-order chi connectivity index (χ1) is 16.7. The van der Waals surface area contributed by atoms with Gasteiger partial charge in [-0.3, -0.25) is 4.72 Å². The number of benzene rings is 2. The van der Waals surface area contributed by atoms with Crippen molar-refractivity contribution in [2.75, 3.05) is 26.5 Å². The van der Waals surface area contributed by atoms with Gasteiger partial charge in [0.05, 0.1) is 25.3 Å². The van der Waals surface area contributed by atoms with Crippen LogP contribution in [0.3, 0.4) is 0 Å². The van der Waals surface area contributed by atoms with Crippen LogP contribution >= 0.6 is 11.9 Å². The van der Waals surface area contributed by atoms with Crippen molar-refractivity contribution in [3.8, 4) is 11.5 Å². The number of rotatable bonds is 12. The monoisotopic (exact) mass is 479 g/mol. The van der Waals surface area contributed by atoms with Crippen molar-refractivity contribution < 1.29 is 9.47 Å². The average molecular weight is 480 g/mol. The first-order valence-corrected chi connectivity index (χ1v) is 12.6. The molecular formula is C26H33N5O2S. The number of hydrogen-bond acceptors (Lipinski definition) is 7. The van der Waals surface area contributed by atoms with Gasteiger partial charge in [-0.05, 0) is 55.5 Å². The quantitative estimate of drug-likeness (QED) is 0.202. The zero-order chi connectivity index (χ0) is 23.9. The molecule has 0 amide bonds. The number of hydrogen-bond donors (Lipinski definition) is 2. The van der Waals surface area contributed by atoms with Gasteiger partial charge in [0.2, 0.25) is 0 Å². The Morgan fingerprint density at radius 1 is 1.00 bits per heavy atom. The Balaban J connectivity index is 1.42. The van der Waals surface area contributed by atoms with Crippen LogP contribution in [0.15, 0.2) is 47.4 Å². The van der Waals surface area contributed by atoms with Gasteiger partial charge in [0, 0.05) is 29.8 Å². The molecule has 4 aromatic rings. The fourth-order valence-corrected chi connectivity index (χ4v) is 4.87. The molecule has 0 radical (unpaired) electrons. The lowest BCUT2D eigenvalue weighted by atomic mass is 10.2. The second kappa shape index (κ2) is 11.4. The van der Waals surface area contributed by atoms with E-state index in [0.29, 0.717) is 5.82 Å². The lowest BCUT2D eigenvalue weighted by Crippen LogP contribution is -2.09. The molecule has 0 fully saturated rings. The van der Waals surface area contributed by atoms with Gasteiger partial charge in [0.25, 0.3) is 0 Å². The largest absolute Gasteiger partial charge is 0.493 e. The number of para-hydroxylation sites is 1. The Morgan fingerprint density at radius 2 is 1.82 bits per heavy atom. The molecule has 0 saturated carbocycles. The highest BCUT2D eigenvalue weighted by molar-refractivity contribution is 7.97. The minimum atomic E-state index is 0.512. The molecule has 2 aromatic heterocycles. The summed E-state index contributed by atoms with van der Waals surface area (Å²) in [6, 6.07) is 14.1. The van der Waals surface area contributed by atoms with Gasteiger partial charge in [-0.15, -0.1) is 0 Å². The molecular weight excluding hydrogens is 446 g/mol. The van der Waals surface area contributed by atoms with E-state index in [1.54, 1.807) is 26.2 Å². The zero-order valence-electron chi connectivity index (χ0n) is 20.1. The van der Waals surface area contributed by atoms with Crippen molar-refractivity contribution in [2.45, 2.75) is 50.5 Å². The van der Waals surface area contributed by atoms with Crippen LogP contribution in [-0.4, -0.2) is 35.3 Å². The van der Waals surface area contributed by atoms with Crippen molar-refractivity contribution in [1.29, 1.82) is 0 Å². The number of nitrogens with two attached hydrogens (primary N) is 1. The number of fused-ring (bicyclic) bond motifs is 3. The molecule has 0 aliphatic heterocycles. The Bertz CT molecular complexity index is 1260. The number of imidazole rings is 1. The Kier molecular flexibility index (Phi) is 8.13. The molecule has 0 aliphatic carbocycles. The highest BCUT2D eigenvalue weighted by atomic mass is 32.2. The van der Waals surface area contributed by atoms with Crippen molar-refractivity contribution in [1.82, 2.24) is 19.3 Å². The van der Waals surface area contributed by atoms with Gasteiger partial charge in [0.15, 0.2) is 17.3 Å². The summed E-state index contributed by atoms with van der Waals surface area (Å²) in [5.74, 6) is 3.09. The summed E-state index contributed by atoms with van der Waals surface area (Å²) in [4.78, 5) is 10.6. The van der Waals surface area contributed by atoms with Gasteiger partial charge < -0.3 is 19.8 Å². The SMILES string of the molecule is CCCCc1nc2c(N)nc3ccccc3c2n1CCCCNSc1ccc(OC)c(OC)c1. The molecule has 2 heterocycles. The number of methoxy groups -OCH3 is 2. The van der Waals surface area contributed by atoms with E-state index in [4.69, 9.17) is 20.2 Å². The number of aromatic nitrogens is 3. The number of pyridine rings is 1. The van der Waals surface area contributed by atoms with E-state index in [9.17, 15) is 0 Å². The molecule has 2 aromatic carbocycles. The van der Waals surface area contributed by atoms with Crippen LogP contribution in [0.25, 0.3) is 21.9 Å². The summed E-state index contributed by atoms with van der Waals surface area (Å²) < 4.78 is 16.5. The maximum atomic E-state index is 6.31. The Morgan fingerprint density at radius 3 is 2.62 bits per heavy atom. The van der Waals surface area contributed by atoms with Gasteiger partial charge in [0.1, 0.15) is 11.3 Å². The van der Waals surface area contributed by atoms with Crippen LogP contribution in [0.2, 0.25) is 0 Å². The number of aryl methyl sites for hydroxylation is 2. The molecule has 8 heteroatoms. The minimum Gasteiger partial charge on any atom is -0.493 e. The lowest BCUT2D eigenvalue weighted by molar-refractivity contribution is 0.354. The smallest absolute Gasteiger partial charge is 0.161 e. The second-order valence-electron chi connectivity index (χ2n) is 8.21. The lowest BCUT2D eigenvalue weighted by Gasteiger charge is -2.12. The van der Waals surface area contributed by atoms with Crippen LogP contribution in [0.1, 0.15) is 38.4 Å². The number of nitrogens with one attached hydrogen (secondary N) is 1. The van der Waals surface area contributed by atoms with E-state index in [1.807, 2.05) is 30.3 Å². The third-order valence-electron chi connectivity index (χ3n) is 5.90. The van der Waals surface area contributed by atoms with Gasteiger partial charge in [-0.2, -0.15) is 0 Å². The van der Waals surface area contributed by atoms with E-state index in [-0.39, 0.29) is 0 Å². The summed E-state index contributed by atoms with van der Waals surface area (Å²) in [7, 11) is 3.30. The van der Waals surface area contributed by atoms with Crippen LogP contribution in [0.5, 0.6) is 11.5 Å². The highest BCUT2D eigenvalue weighted by Crippen LogP contribution is 2.31. The predicted molar refractivity (Wildman–Crippen MR) is 141 cm³/mol. The molecule has 0 aliphatic rings. The van der Waals surface area contributed by atoms with Crippen molar-refractivity contribution >= 4 is 39.7 Å². The fraction of sp³-hybridized carbons (Fsp3) is 0.385. The van der Waals surface area contributed by atoms with E-state index in [1.165, 1.54) is 0 Å².